The van der Waals surface area contributed by atoms with Crippen molar-refractivity contribution in [1.29, 1.82) is 0 Å². The molecule has 1 aromatic heterocycles. The summed E-state index contributed by atoms with van der Waals surface area (Å²) in [6.45, 7) is 2.21. The van der Waals surface area contributed by atoms with E-state index in [1.54, 1.807) is 36.5 Å². The number of piperidine rings is 1. The van der Waals surface area contributed by atoms with Gasteiger partial charge in [0.2, 0.25) is 5.91 Å². The van der Waals surface area contributed by atoms with Crippen molar-refractivity contribution in [2.24, 2.45) is 29.2 Å². The zero-order chi connectivity index (χ0) is 18.4. The molecule has 4 rings (SSSR count). The van der Waals surface area contributed by atoms with E-state index in [2.05, 4.69) is 4.98 Å². The Balaban J connectivity index is 1.46. The standard InChI is InChI=1S/C18H22N6O2/c19-7-12-13-8-23(9-14(12)13)17(25)16(21)10-1-3-11(4-2-10)24-6-5-15(20)22-18(24)26/h1-6,12-14,16H,7-9,19,21H2,(H2,20,22,26)/t12?,13-,14+,16?. The van der Waals surface area contributed by atoms with E-state index in [-0.39, 0.29) is 11.7 Å². The fourth-order valence-electron chi connectivity index (χ4n) is 3.97. The van der Waals surface area contributed by atoms with Crippen LogP contribution in [0.15, 0.2) is 41.3 Å². The van der Waals surface area contributed by atoms with Crippen LogP contribution >= 0.6 is 0 Å². The van der Waals surface area contributed by atoms with Gasteiger partial charge in [-0.3, -0.25) is 9.36 Å². The summed E-state index contributed by atoms with van der Waals surface area (Å²) in [7, 11) is 0. The van der Waals surface area contributed by atoms with Crippen LogP contribution in [0.4, 0.5) is 5.82 Å². The molecule has 1 aliphatic heterocycles. The second-order valence-corrected chi connectivity index (χ2v) is 7.04. The highest BCUT2D eigenvalue weighted by molar-refractivity contribution is 5.83. The Labute approximate surface area is 150 Å². The Kier molecular flexibility index (Phi) is 4.01. The number of hydrogen-bond donors (Lipinski definition) is 3. The minimum Gasteiger partial charge on any atom is -0.383 e. The summed E-state index contributed by atoms with van der Waals surface area (Å²) < 4.78 is 1.38. The van der Waals surface area contributed by atoms with Gasteiger partial charge in [-0.05, 0) is 48.1 Å². The highest BCUT2D eigenvalue weighted by atomic mass is 16.2. The van der Waals surface area contributed by atoms with Crippen molar-refractivity contribution in [2.45, 2.75) is 6.04 Å². The molecule has 0 bridgehead atoms. The number of carbonyl (C=O) groups is 1. The number of rotatable bonds is 4. The van der Waals surface area contributed by atoms with Crippen LogP contribution in [0, 0.1) is 17.8 Å². The number of carbonyl (C=O) groups excluding carboxylic acids is 1. The molecule has 1 saturated carbocycles. The van der Waals surface area contributed by atoms with Crippen molar-refractivity contribution in [1.82, 2.24) is 14.5 Å². The van der Waals surface area contributed by atoms with E-state index in [0.29, 0.717) is 35.5 Å². The molecule has 4 atom stereocenters. The van der Waals surface area contributed by atoms with Crippen molar-refractivity contribution in [3.63, 3.8) is 0 Å². The van der Waals surface area contributed by atoms with Gasteiger partial charge in [-0.2, -0.15) is 4.98 Å². The molecular formula is C18H22N6O2. The summed E-state index contributed by atoms with van der Waals surface area (Å²) in [6.07, 6.45) is 1.56. The van der Waals surface area contributed by atoms with Gasteiger partial charge in [-0.1, -0.05) is 12.1 Å². The number of benzene rings is 1. The topological polar surface area (TPSA) is 133 Å². The van der Waals surface area contributed by atoms with Crippen LogP contribution in [0.5, 0.6) is 0 Å². The van der Waals surface area contributed by atoms with E-state index < -0.39 is 11.7 Å². The molecular weight excluding hydrogens is 332 g/mol. The van der Waals surface area contributed by atoms with E-state index in [1.807, 2.05) is 4.90 Å². The van der Waals surface area contributed by atoms with Gasteiger partial charge >= 0.3 is 5.69 Å². The second-order valence-electron chi connectivity index (χ2n) is 7.04. The average Bonchev–Trinajstić information content (AvgIpc) is 3.11. The van der Waals surface area contributed by atoms with Gasteiger partial charge in [0.15, 0.2) is 0 Å². The van der Waals surface area contributed by atoms with Gasteiger partial charge in [-0.15, -0.1) is 0 Å². The first-order chi connectivity index (χ1) is 12.5. The molecule has 1 aromatic carbocycles. The Morgan fingerprint density at radius 1 is 1.19 bits per heavy atom. The van der Waals surface area contributed by atoms with E-state index >= 15 is 0 Å². The number of nitrogens with two attached hydrogens (primary N) is 3. The molecule has 1 saturated heterocycles. The molecule has 1 aliphatic carbocycles. The Morgan fingerprint density at radius 2 is 1.85 bits per heavy atom. The van der Waals surface area contributed by atoms with Crippen LogP contribution in [0.1, 0.15) is 11.6 Å². The fourth-order valence-corrected chi connectivity index (χ4v) is 3.97. The molecule has 6 N–H and O–H groups in total. The third kappa shape index (κ3) is 2.77. The summed E-state index contributed by atoms with van der Waals surface area (Å²) in [5.74, 6) is 1.77. The van der Waals surface area contributed by atoms with Crippen molar-refractivity contribution >= 4 is 11.7 Å². The smallest absolute Gasteiger partial charge is 0.354 e. The lowest BCUT2D eigenvalue weighted by Gasteiger charge is -2.23. The second kappa shape index (κ2) is 6.22. The molecule has 2 heterocycles. The van der Waals surface area contributed by atoms with Crippen LogP contribution in [-0.2, 0) is 4.79 Å². The first-order valence-electron chi connectivity index (χ1n) is 8.69. The van der Waals surface area contributed by atoms with E-state index in [0.717, 1.165) is 13.1 Å². The maximum Gasteiger partial charge on any atom is 0.354 e. The van der Waals surface area contributed by atoms with Gasteiger partial charge < -0.3 is 22.1 Å². The van der Waals surface area contributed by atoms with Crippen LogP contribution in [0.3, 0.4) is 0 Å². The minimum absolute atomic E-state index is 0.0629. The molecule has 0 spiro atoms. The quantitative estimate of drug-likeness (QED) is 0.676. The highest BCUT2D eigenvalue weighted by Gasteiger charge is 2.55. The largest absolute Gasteiger partial charge is 0.383 e. The molecule has 2 aromatic rings. The van der Waals surface area contributed by atoms with Crippen LogP contribution in [0.2, 0.25) is 0 Å². The lowest BCUT2D eigenvalue weighted by atomic mass is 10.1. The molecule has 8 nitrogen and oxygen atoms in total. The molecule has 26 heavy (non-hydrogen) atoms. The average molecular weight is 354 g/mol. The molecule has 1 amide bonds. The molecule has 2 aliphatic rings. The Morgan fingerprint density at radius 3 is 2.42 bits per heavy atom. The van der Waals surface area contributed by atoms with Gasteiger partial charge in [0.25, 0.3) is 0 Å². The SMILES string of the molecule is NCC1[C@H]2CN(C(=O)C(N)c3ccc(-n4ccc(N)nc4=O)cc3)C[C@@H]12. The summed E-state index contributed by atoms with van der Waals surface area (Å²) >= 11 is 0. The summed E-state index contributed by atoms with van der Waals surface area (Å²) in [5.41, 5.74) is 18.3. The molecule has 8 heteroatoms. The number of hydrogen-bond acceptors (Lipinski definition) is 6. The third-order valence-electron chi connectivity index (χ3n) is 5.58. The van der Waals surface area contributed by atoms with E-state index in [4.69, 9.17) is 17.2 Å². The normalized spacial score (nSPS) is 25.0. The molecule has 0 radical (unpaired) electrons. The number of likely N-dealkylation sites (tertiary alicyclic amines) is 1. The summed E-state index contributed by atoms with van der Waals surface area (Å²) in [6, 6.07) is 7.86. The Bertz CT molecular complexity index is 881. The van der Waals surface area contributed by atoms with Crippen LogP contribution < -0.4 is 22.9 Å². The highest BCUT2D eigenvalue weighted by Crippen LogP contribution is 2.51. The number of amides is 1. The predicted octanol–water partition coefficient (Wildman–Crippen LogP) is -0.522. The maximum absolute atomic E-state index is 12.6. The van der Waals surface area contributed by atoms with Gasteiger partial charge in [0.05, 0.1) is 5.69 Å². The zero-order valence-electron chi connectivity index (χ0n) is 14.3. The molecule has 2 fully saturated rings. The number of nitrogen functional groups attached to an aromatic ring is 1. The Hall–Kier alpha value is -2.71. The van der Waals surface area contributed by atoms with Crippen LogP contribution in [-0.4, -0.2) is 40.0 Å². The minimum atomic E-state index is -0.709. The lowest BCUT2D eigenvalue weighted by molar-refractivity contribution is -0.132. The first-order valence-corrected chi connectivity index (χ1v) is 8.69. The van der Waals surface area contributed by atoms with Crippen molar-refractivity contribution in [2.75, 3.05) is 25.4 Å². The first kappa shape index (κ1) is 16.7. The summed E-state index contributed by atoms with van der Waals surface area (Å²) in [5, 5.41) is 0. The number of aromatic nitrogens is 2. The maximum atomic E-state index is 12.6. The van der Waals surface area contributed by atoms with Gasteiger partial charge in [-0.25, -0.2) is 4.79 Å². The van der Waals surface area contributed by atoms with Crippen molar-refractivity contribution < 1.29 is 4.79 Å². The van der Waals surface area contributed by atoms with E-state index in [9.17, 15) is 9.59 Å². The van der Waals surface area contributed by atoms with E-state index in [1.165, 1.54) is 4.57 Å². The lowest BCUT2D eigenvalue weighted by Crippen LogP contribution is -2.39. The monoisotopic (exact) mass is 354 g/mol. The number of anilines is 1. The molecule has 136 valence electrons. The van der Waals surface area contributed by atoms with Gasteiger partial charge in [0, 0.05) is 19.3 Å². The number of nitrogens with zero attached hydrogens (tertiary/aromatic N) is 3. The zero-order valence-corrected chi connectivity index (χ0v) is 14.3. The van der Waals surface area contributed by atoms with Crippen molar-refractivity contribution in [3.05, 3.63) is 52.6 Å². The third-order valence-corrected chi connectivity index (χ3v) is 5.58. The summed E-state index contributed by atoms with van der Waals surface area (Å²) in [4.78, 5) is 30.1. The van der Waals surface area contributed by atoms with Gasteiger partial charge in [0.1, 0.15) is 11.9 Å². The number of fused-ring (bicyclic) bond motifs is 1. The predicted molar refractivity (Wildman–Crippen MR) is 97.3 cm³/mol. The van der Waals surface area contributed by atoms with Crippen LogP contribution in [0.25, 0.3) is 5.69 Å². The van der Waals surface area contributed by atoms with Crippen molar-refractivity contribution in [3.8, 4) is 5.69 Å². The molecule has 2 unspecified atom stereocenters. The fraction of sp³-hybridized carbons (Fsp3) is 0.389.